The Morgan fingerprint density at radius 3 is 2.74 bits per heavy atom. The zero-order chi connectivity index (χ0) is 16.1. The molecule has 0 aliphatic rings. The Morgan fingerprint density at radius 2 is 2.09 bits per heavy atom. The van der Waals surface area contributed by atoms with Gasteiger partial charge >= 0.3 is 0 Å². The van der Waals surface area contributed by atoms with Gasteiger partial charge in [0.15, 0.2) is 5.69 Å². The zero-order valence-electron chi connectivity index (χ0n) is 12.9. The second kappa shape index (κ2) is 6.91. The van der Waals surface area contributed by atoms with Crippen molar-refractivity contribution in [2.24, 2.45) is 0 Å². The number of aryl methyl sites for hydroxylation is 1. The molecule has 6 heteroatoms. The highest BCUT2D eigenvalue weighted by Gasteiger charge is 2.19. The maximum absolute atomic E-state index is 12.6. The maximum Gasteiger partial charge on any atom is 0.276 e. The fourth-order valence-electron chi connectivity index (χ4n) is 2.33. The number of aromatic nitrogens is 3. The van der Waals surface area contributed by atoms with E-state index in [2.05, 4.69) is 46.6 Å². The number of aromatic amines is 1. The van der Waals surface area contributed by atoms with E-state index in [1.165, 1.54) is 17.3 Å². The van der Waals surface area contributed by atoms with Crippen LogP contribution in [0, 0.1) is 6.92 Å². The molecule has 2 aromatic heterocycles. The SMILES string of the molecule is Cc1ccc(CCN(Cc2ccco2)C(=O)c2cn[nH]n2)cc1. The molecule has 0 bridgehead atoms. The van der Waals surface area contributed by atoms with Crippen molar-refractivity contribution in [3.8, 4) is 0 Å². The predicted octanol–water partition coefficient (Wildman–Crippen LogP) is 2.59. The molecular formula is C17H18N4O2. The molecule has 6 nitrogen and oxygen atoms in total. The number of rotatable bonds is 6. The summed E-state index contributed by atoms with van der Waals surface area (Å²) in [5, 5.41) is 10.1. The lowest BCUT2D eigenvalue weighted by molar-refractivity contribution is 0.0727. The Labute approximate surface area is 134 Å². The average Bonchev–Trinajstić information content (AvgIpc) is 3.26. The normalized spacial score (nSPS) is 10.7. The standard InChI is InChI=1S/C17H18N4O2/c1-13-4-6-14(7-5-13)8-9-21(12-15-3-2-10-23-15)17(22)16-11-18-20-19-16/h2-7,10-11H,8-9,12H2,1H3,(H,18,19,20). The number of furan rings is 1. The number of hydrogen-bond acceptors (Lipinski definition) is 4. The number of carbonyl (C=O) groups excluding carboxylic acids is 1. The van der Waals surface area contributed by atoms with E-state index >= 15 is 0 Å². The van der Waals surface area contributed by atoms with Crippen molar-refractivity contribution in [1.29, 1.82) is 0 Å². The number of amides is 1. The van der Waals surface area contributed by atoms with Gasteiger partial charge in [0, 0.05) is 6.54 Å². The first-order valence-corrected chi connectivity index (χ1v) is 7.45. The first-order chi connectivity index (χ1) is 11.2. The molecular weight excluding hydrogens is 292 g/mol. The summed E-state index contributed by atoms with van der Waals surface area (Å²) in [4.78, 5) is 14.3. The first-order valence-electron chi connectivity index (χ1n) is 7.45. The smallest absolute Gasteiger partial charge is 0.276 e. The van der Waals surface area contributed by atoms with Crippen molar-refractivity contribution in [3.63, 3.8) is 0 Å². The number of benzene rings is 1. The summed E-state index contributed by atoms with van der Waals surface area (Å²) < 4.78 is 5.36. The summed E-state index contributed by atoms with van der Waals surface area (Å²) in [6.07, 6.45) is 3.81. The fourth-order valence-corrected chi connectivity index (χ4v) is 2.33. The summed E-state index contributed by atoms with van der Waals surface area (Å²) in [7, 11) is 0. The highest BCUT2D eigenvalue weighted by atomic mass is 16.3. The lowest BCUT2D eigenvalue weighted by atomic mass is 10.1. The van der Waals surface area contributed by atoms with E-state index in [9.17, 15) is 4.79 Å². The fraction of sp³-hybridized carbons (Fsp3) is 0.235. The van der Waals surface area contributed by atoms with Gasteiger partial charge in [-0.2, -0.15) is 15.4 Å². The number of nitrogens with one attached hydrogen (secondary N) is 1. The molecule has 0 saturated carbocycles. The van der Waals surface area contributed by atoms with E-state index < -0.39 is 0 Å². The van der Waals surface area contributed by atoms with E-state index in [-0.39, 0.29) is 5.91 Å². The van der Waals surface area contributed by atoms with Crippen molar-refractivity contribution in [2.45, 2.75) is 19.9 Å². The summed E-state index contributed by atoms with van der Waals surface area (Å²) in [6.45, 7) is 3.04. The molecule has 3 aromatic rings. The van der Waals surface area contributed by atoms with E-state index in [1.807, 2.05) is 12.1 Å². The minimum Gasteiger partial charge on any atom is -0.467 e. The average molecular weight is 310 g/mol. The molecule has 1 N–H and O–H groups in total. The third-order valence-electron chi connectivity index (χ3n) is 3.64. The molecule has 1 amide bonds. The Hall–Kier alpha value is -2.89. The van der Waals surface area contributed by atoms with E-state index in [4.69, 9.17) is 4.42 Å². The van der Waals surface area contributed by atoms with E-state index in [1.54, 1.807) is 11.2 Å². The van der Waals surface area contributed by atoms with Crippen LogP contribution < -0.4 is 0 Å². The molecule has 0 spiro atoms. The summed E-state index contributed by atoms with van der Waals surface area (Å²) in [5.74, 6) is 0.577. The Balaban J connectivity index is 1.71. The Morgan fingerprint density at radius 1 is 1.26 bits per heavy atom. The minimum atomic E-state index is -0.165. The van der Waals surface area contributed by atoms with Gasteiger partial charge in [-0.3, -0.25) is 4.79 Å². The van der Waals surface area contributed by atoms with Crippen molar-refractivity contribution >= 4 is 5.91 Å². The molecule has 0 fully saturated rings. The van der Waals surface area contributed by atoms with Gasteiger partial charge in [-0.1, -0.05) is 29.8 Å². The first kappa shape index (κ1) is 15.0. The molecule has 0 aliphatic carbocycles. The molecule has 118 valence electrons. The largest absolute Gasteiger partial charge is 0.467 e. The summed E-state index contributed by atoms with van der Waals surface area (Å²) >= 11 is 0. The summed E-state index contributed by atoms with van der Waals surface area (Å²) in [6, 6.07) is 12.0. The highest BCUT2D eigenvalue weighted by Crippen LogP contribution is 2.11. The lowest BCUT2D eigenvalue weighted by Gasteiger charge is -2.20. The van der Waals surface area contributed by atoms with Gasteiger partial charge in [0.05, 0.1) is 19.0 Å². The third kappa shape index (κ3) is 3.85. The lowest BCUT2D eigenvalue weighted by Crippen LogP contribution is -2.32. The van der Waals surface area contributed by atoms with Crippen LogP contribution in [0.1, 0.15) is 27.4 Å². The van der Waals surface area contributed by atoms with Gasteiger partial charge < -0.3 is 9.32 Å². The molecule has 1 aromatic carbocycles. The predicted molar refractivity (Wildman–Crippen MR) is 84.7 cm³/mol. The van der Waals surface area contributed by atoms with Crippen molar-refractivity contribution in [1.82, 2.24) is 20.3 Å². The number of carbonyl (C=O) groups is 1. The Bertz CT molecular complexity index is 734. The molecule has 0 aliphatic heterocycles. The number of nitrogens with zero attached hydrogens (tertiary/aromatic N) is 3. The van der Waals surface area contributed by atoms with Crippen LogP contribution >= 0.6 is 0 Å². The van der Waals surface area contributed by atoms with Gasteiger partial charge in [-0.15, -0.1) is 0 Å². The van der Waals surface area contributed by atoms with E-state index in [0.717, 1.165) is 12.2 Å². The van der Waals surface area contributed by atoms with Crippen LogP contribution in [0.2, 0.25) is 0 Å². The van der Waals surface area contributed by atoms with Crippen LogP contribution in [0.25, 0.3) is 0 Å². The van der Waals surface area contributed by atoms with Crippen LogP contribution in [-0.2, 0) is 13.0 Å². The number of hydrogen-bond donors (Lipinski definition) is 1. The van der Waals surface area contributed by atoms with Crippen molar-refractivity contribution in [2.75, 3.05) is 6.54 Å². The monoisotopic (exact) mass is 310 g/mol. The van der Waals surface area contributed by atoms with Crippen LogP contribution in [0.3, 0.4) is 0 Å². The molecule has 0 atom stereocenters. The maximum atomic E-state index is 12.6. The van der Waals surface area contributed by atoms with Crippen LogP contribution in [-0.4, -0.2) is 32.8 Å². The molecule has 2 heterocycles. The second-order valence-electron chi connectivity index (χ2n) is 5.40. The molecule has 0 unspecified atom stereocenters. The quantitative estimate of drug-likeness (QED) is 0.759. The van der Waals surface area contributed by atoms with Gasteiger partial charge in [-0.25, -0.2) is 0 Å². The molecule has 0 radical (unpaired) electrons. The van der Waals surface area contributed by atoms with Crippen LogP contribution in [0.15, 0.2) is 53.3 Å². The van der Waals surface area contributed by atoms with Crippen LogP contribution in [0.5, 0.6) is 0 Å². The van der Waals surface area contributed by atoms with Crippen molar-refractivity contribution < 1.29 is 9.21 Å². The number of H-pyrrole nitrogens is 1. The third-order valence-corrected chi connectivity index (χ3v) is 3.64. The molecule has 23 heavy (non-hydrogen) atoms. The molecule has 3 rings (SSSR count). The van der Waals surface area contributed by atoms with Gasteiger partial charge in [0.2, 0.25) is 0 Å². The molecule has 0 saturated heterocycles. The summed E-state index contributed by atoms with van der Waals surface area (Å²) in [5.41, 5.74) is 2.72. The van der Waals surface area contributed by atoms with Crippen molar-refractivity contribution in [3.05, 3.63) is 71.4 Å². The highest BCUT2D eigenvalue weighted by molar-refractivity contribution is 5.91. The Kier molecular flexibility index (Phi) is 4.52. The minimum absolute atomic E-state index is 0.165. The topological polar surface area (TPSA) is 75.0 Å². The second-order valence-corrected chi connectivity index (χ2v) is 5.40. The van der Waals surface area contributed by atoms with E-state index in [0.29, 0.717) is 18.8 Å². The van der Waals surface area contributed by atoms with Gasteiger partial charge in [0.25, 0.3) is 5.91 Å². The van der Waals surface area contributed by atoms with Gasteiger partial charge in [-0.05, 0) is 31.0 Å². The van der Waals surface area contributed by atoms with Gasteiger partial charge in [0.1, 0.15) is 5.76 Å². The van der Waals surface area contributed by atoms with Crippen LogP contribution in [0.4, 0.5) is 0 Å². The zero-order valence-corrected chi connectivity index (χ0v) is 12.9.